The van der Waals surface area contributed by atoms with Crippen LogP contribution < -0.4 is 10.6 Å². The highest BCUT2D eigenvalue weighted by molar-refractivity contribution is 7.91. The molecule has 0 bridgehead atoms. The number of rotatable bonds is 5. The van der Waals surface area contributed by atoms with Crippen LogP contribution >= 0.6 is 0 Å². The highest BCUT2D eigenvalue weighted by Gasteiger charge is 2.28. The highest BCUT2D eigenvalue weighted by atomic mass is 32.2. The molecule has 2 saturated heterocycles. The van der Waals surface area contributed by atoms with E-state index in [1.165, 1.54) is 0 Å². The Morgan fingerprint density at radius 1 is 1.27 bits per heavy atom. The first kappa shape index (κ1) is 17.1. The first-order valence-electron chi connectivity index (χ1n) is 7.99. The third-order valence-electron chi connectivity index (χ3n) is 4.13. The summed E-state index contributed by atoms with van der Waals surface area (Å²) in [4.78, 5) is 25.4. The molecule has 0 aromatic carbocycles. The Balaban J connectivity index is 1.60. The number of hydrogen-bond donors (Lipinski definition) is 2. The minimum Gasteiger partial charge on any atom is -0.343 e. The molecule has 0 unspecified atom stereocenters. The van der Waals surface area contributed by atoms with Gasteiger partial charge in [0.1, 0.15) is 0 Å². The maximum Gasteiger partial charge on any atom is 0.315 e. The van der Waals surface area contributed by atoms with Crippen LogP contribution in [-0.4, -0.2) is 62.4 Å². The van der Waals surface area contributed by atoms with Gasteiger partial charge in [-0.05, 0) is 25.7 Å². The van der Waals surface area contributed by atoms with Crippen LogP contribution in [0.1, 0.15) is 38.5 Å². The topological polar surface area (TPSA) is 95.6 Å². The summed E-state index contributed by atoms with van der Waals surface area (Å²) in [5.74, 6) is 0.385. The van der Waals surface area contributed by atoms with Crippen LogP contribution in [0.25, 0.3) is 0 Å². The lowest BCUT2D eigenvalue weighted by Gasteiger charge is -2.20. The zero-order chi connectivity index (χ0) is 16.0. The lowest BCUT2D eigenvalue weighted by atomic mass is 10.2. The molecule has 2 aliphatic heterocycles. The monoisotopic (exact) mass is 331 g/mol. The van der Waals surface area contributed by atoms with Crippen LogP contribution in [0.5, 0.6) is 0 Å². The molecule has 2 rings (SSSR count). The Morgan fingerprint density at radius 2 is 2.09 bits per heavy atom. The molecule has 0 saturated carbocycles. The van der Waals surface area contributed by atoms with Crippen LogP contribution in [-0.2, 0) is 14.6 Å². The van der Waals surface area contributed by atoms with E-state index in [0.717, 1.165) is 25.8 Å². The van der Waals surface area contributed by atoms with Gasteiger partial charge in [-0.2, -0.15) is 0 Å². The molecule has 126 valence electrons. The van der Waals surface area contributed by atoms with Crippen molar-refractivity contribution in [3.05, 3.63) is 0 Å². The molecule has 7 nitrogen and oxygen atoms in total. The number of hydrogen-bond acceptors (Lipinski definition) is 4. The highest BCUT2D eigenvalue weighted by Crippen LogP contribution is 2.12. The van der Waals surface area contributed by atoms with E-state index in [-0.39, 0.29) is 29.5 Å². The summed E-state index contributed by atoms with van der Waals surface area (Å²) in [7, 11) is -2.98. The fourth-order valence-electron chi connectivity index (χ4n) is 2.89. The van der Waals surface area contributed by atoms with Crippen LogP contribution in [0.4, 0.5) is 4.79 Å². The molecule has 3 amide bonds. The number of amides is 3. The summed E-state index contributed by atoms with van der Waals surface area (Å²) in [5, 5.41) is 5.41. The van der Waals surface area contributed by atoms with Crippen LogP contribution in [0, 0.1) is 0 Å². The molecule has 1 atom stereocenters. The van der Waals surface area contributed by atoms with Crippen molar-refractivity contribution >= 4 is 21.8 Å². The van der Waals surface area contributed by atoms with Gasteiger partial charge in [0.2, 0.25) is 5.91 Å². The molecule has 2 N–H and O–H groups in total. The van der Waals surface area contributed by atoms with Gasteiger partial charge in [0.25, 0.3) is 0 Å². The minimum absolute atomic E-state index is 0.0305. The SMILES string of the molecule is O=C(NCCCN1CCCCCC1=O)N[C@H]1CCS(=O)(=O)C1. The van der Waals surface area contributed by atoms with Crippen molar-refractivity contribution in [2.45, 2.75) is 44.6 Å². The van der Waals surface area contributed by atoms with Crippen molar-refractivity contribution in [3.8, 4) is 0 Å². The second-order valence-electron chi connectivity index (χ2n) is 6.05. The van der Waals surface area contributed by atoms with Crippen LogP contribution in [0.2, 0.25) is 0 Å². The summed E-state index contributed by atoms with van der Waals surface area (Å²) in [5.41, 5.74) is 0. The van der Waals surface area contributed by atoms with Gasteiger partial charge in [0, 0.05) is 32.1 Å². The van der Waals surface area contributed by atoms with Gasteiger partial charge >= 0.3 is 6.03 Å². The van der Waals surface area contributed by atoms with E-state index in [2.05, 4.69) is 10.6 Å². The van der Waals surface area contributed by atoms with E-state index in [9.17, 15) is 18.0 Å². The summed E-state index contributed by atoms with van der Waals surface area (Å²) >= 11 is 0. The largest absolute Gasteiger partial charge is 0.343 e. The second-order valence-corrected chi connectivity index (χ2v) is 8.27. The second kappa shape index (κ2) is 7.80. The smallest absolute Gasteiger partial charge is 0.315 e. The summed E-state index contributed by atoms with van der Waals surface area (Å²) in [6.45, 7) is 1.96. The number of carbonyl (C=O) groups is 2. The van der Waals surface area contributed by atoms with Crippen LogP contribution in [0.15, 0.2) is 0 Å². The van der Waals surface area contributed by atoms with Crippen molar-refractivity contribution in [2.24, 2.45) is 0 Å². The number of urea groups is 1. The van der Waals surface area contributed by atoms with Crippen molar-refractivity contribution in [3.63, 3.8) is 0 Å². The molecule has 2 aliphatic rings. The van der Waals surface area contributed by atoms with Crippen molar-refractivity contribution in [1.82, 2.24) is 15.5 Å². The molecule has 22 heavy (non-hydrogen) atoms. The average Bonchev–Trinajstić information content (AvgIpc) is 2.66. The van der Waals surface area contributed by atoms with Gasteiger partial charge in [-0.25, -0.2) is 13.2 Å². The summed E-state index contributed by atoms with van der Waals surface area (Å²) in [6.07, 6.45) is 4.95. The molecule has 0 spiro atoms. The molecule has 0 aromatic rings. The molecular weight excluding hydrogens is 306 g/mol. The minimum atomic E-state index is -2.98. The standard InChI is InChI=1S/C14H25N3O4S/c18-13-5-2-1-3-8-17(13)9-4-7-15-14(19)16-12-6-10-22(20,21)11-12/h12H,1-11H2,(H2,15,16,19)/t12-/m0/s1. The fourth-order valence-corrected chi connectivity index (χ4v) is 4.57. The van der Waals surface area contributed by atoms with Gasteiger partial charge in [-0.3, -0.25) is 4.79 Å². The lowest BCUT2D eigenvalue weighted by molar-refractivity contribution is -0.130. The molecule has 2 fully saturated rings. The molecule has 8 heteroatoms. The van der Waals surface area contributed by atoms with Gasteiger partial charge in [-0.1, -0.05) is 6.42 Å². The third kappa shape index (κ3) is 5.47. The number of nitrogens with one attached hydrogen (secondary N) is 2. The molecule has 0 aromatic heterocycles. The number of sulfone groups is 1. The molecule has 2 heterocycles. The van der Waals surface area contributed by atoms with Gasteiger partial charge in [0.15, 0.2) is 9.84 Å². The normalized spacial score (nSPS) is 24.8. The third-order valence-corrected chi connectivity index (χ3v) is 5.90. The molecule has 0 aliphatic carbocycles. The maximum absolute atomic E-state index is 11.8. The van der Waals surface area contributed by atoms with E-state index in [0.29, 0.717) is 32.4 Å². The van der Waals surface area contributed by atoms with E-state index in [1.54, 1.807) is 0 Å². The average molecular weight is 331 g/mol. The number of nitrogens with zero attached hydrogens (tertiary/aromatic N) is 1. The predicted octanol–water partition coefficient (Wildman–Crippen LogP) is 0.265. The number of likely N-dealkylation sites (tertiary alicyclic amines) is 1. The number of carbonyl (C=O) groups excluding carboxylic acids is 2. The van der Waals surface area contributed by atoms with Crippen molar-refractivity contribution in [1.29, 1.82) is 0 Å². The Labute approximate surface area is 131 Å². The Bertz CT molecular complexity index is 506. The first-order valence-corrected chi connectivity index (χ1v) is 9.81. The Hall–Kier alpha value is -1.31. The van der Waals surface area contributed by atoms with Gasteiger partial charge in [0.05, 0.1) is 11.5 Å². The van der Waals surface area contributed by atoms with Crippen molar-refractivity contribution in [2.75, 3.05) is 31.1 Å². The molecule has 0 radical (unpaired) electrons. The molecular formula is C14H25N3O4S. The summed E-state index contributed by atoms with van der Waals surface area (Å²) < 4.78 is 22.6. The zero-order valence-electron chi connectivity index (χ0n) is 12.8. The summed E-state index contributed by atoms with van der Waals surface area (Å²) in [6, 6.07) is -0.610. The quantitative estimate of drug-likeness (QED) is 0.707. The maximum atomic E-state index is 11.8. The Kier molecular flexibility index (Phi) is 6.05. The van der Waals surface area contributed by atoms with E-state index >= 15 is 0 Å². The predicted molar refractivity (Wildman–Crippen MR) is 83.3 cm³/mol. The Morgan fingerprint density at radius 3 is 2.82 bits per heavy atom. The first-order chi connectivity index (χ1) is 10.5. The van der Waals surface area contributed by atoms with E-state index in [4.69, 9.17) is 0 Å². The van der Waals surface area contributed by atoms with Gasteiger partial charge in [-0.15, -0.1) is 0 Å². The van der Waals surface area contributed by atoms with Gasteiger partial charge < -0.3 is 15.5 Å². The van der Waals surface area contributed by atoms with E-state index in [1.807, 2.05) is 4.90 Å². The van der Waals surface area contributed by atoms with Crippen molar-refractivity contribution < 1.29 is 18.0 Å². The lowest BCUT2D eigenvalue weighted by Crippen LogP contribution is -2.43. The van der Waals surface area contributed by atoms with Crippen LogP contribution in [0.3, 0.4) is 0 Å². The fraction of sp³-hybridized carbons (Fsp3) is 0.857. The zero-order valence-corrected chi connectivity index (χ0v) is 13.7. The van der Waals surface area contributed by atoms with E-state index < -0.39 is 9.84 Å².